The Labute approximate surface area is 126 Å². The number of rotatable bonds is 2. The number of para-hydroxylation sites is 1. The van der Waals surface area contributed by atoms with Crippen LogP contribution in [0.1, 0.15) is 22.3 Å². The minimum Gasteiger partial charge on any atom is -0.340 e. The molecule has 106 valence electrons. The van der Waals surface area contributed by atoms with Gasteiger partial charge < -0.3 is 9.80 Å². The van der Waals surface area contributed by atoms with Gasteiger partial charge in [-0.3, -0.25) is 0 Å². The molecule has 2 heteroatoms. The molecule has 2 aliphatic heterocycles. The van der Waals surface area contributed by atoms with Gasteiger partial charge in [0.05, 0.1) is 5.69 Å². The zero-order chi connectivity index (χ0) is 14.4. The van der Waals surface area contributed by atoms with Crippen LogP contribution in [0.25, 0.3) is 12.2 Å². The molecule has 0 amide bonds. The number of hydrogen-bond acceptors (Lipinski definition) is 2. The Hall–Kier alpha value is -2.06. The number of anilines is 2. The van der Waals surface area contributed by atoms with Crippen LogP contribution in [-0.2, 0) is 13.0 Å². The van der Waals surface area contributed by atoms with Crippen LogP contribution < -0.4 is 4.90 Å². The standard InChI is InChI=1S/C19H20N2/c1-20(2)13-16-7-4-8-18-17(16)10-9-14-5-3-6-15-11-12-21(18)19(14)15/h3-10H,11-13H2,1-2H3. The van der Waals surface area contributed by atoms with Crippen molar-refractivity contribution in [2.24, 2.45) is 0 Å². The normalized spacial score (nSPS) is 15.1. The van der Waals surface area contributed by atoms with E-state index < -0.39 is 0 Å². The summed E-state index contributed by atoms with van der Waals surface area (Å²) >= 11 is 0. The Morgan fingerprint density at radius 2 is 1.90 bits per heavy atom. The third kappa shape index (κ3) is 1.98. The second-order valence-electron chi connectivity index (χ2n) is 6.18. The van der Waals surface area contributed by atoms with Crippen molar-refractivity contribution in [1.29, 1.82) is 0 Å². The van der Waals surface area contributed by atoms with Crippen molar-refractivity contribution in [2.75, 3.05) is 25.5 Å². The lowest BCUT2D eigenvalue weighted by atomic mass is 10.0. The minimum absolute atomic E-state index is 0.977. The van der Waals surface area contributed by atoms with Gasteiger partial charge in [-0.2, -0.15) is 0 Å². The molecule has 0 atom stereocenters. The van der Waals surface area contributed by atoms with E-state index in [9.17, 15) is 0 Å². The first-order valence-corrected chi connectivity index (χ1v) is 7.58. The highest BCUT2D eigenvalue weighted by atomic mass is 15.2. The van der Waals surface area contributed by atoms with Crippen molar-refractivity contribution in [3.8, 4) is 0 Å². The molecule has 2 aromatic carbocycles. The van der Waals surface area contributed by atoms with Gasteiger partial charge >= 0.3 is 0 Å². The lowest BCUT2D eigenvalue weighted by Gasteiger charge is -2.23. The van der Waals surface area contributed by atoms with E-state index in [1.807, 2.05) is 0 Å². The SMILES string of the molecule is CN(C)Cc1cccc2c1C=Cc1cccc3c1N2CC3. The molecule has 2 nitrogen and oxygen atoms in total. The number of benzene rings is 2. The maximum Gasteiger partial charge on any atom is 0.0517 e. The summed E-state index contributed by atoms with van der Waals surface area (Å²) in [6.07, 6.45) is 5.72. The van der Waals surface area contributed by atoms with Crippen LogP contribution in [0.15, 0.2) is 36.4 Å². The Morgan fingerprint density at radius 1 is 1.05 bits per heavy atom. The first kappa shape index (κ1) is 12.7. The average molecular weight is 276 g/mol. The highest BCUT2D eigenvalue weighted by Crippen LogP contribution is 2.43. The van der Waals surface area contributed by atoms with Crippen LogP contribution in [0.5, 0.6) is 0 Å². The van der Waals surface area contributed by atoms with Crippen LogP contribution in [0.2, 0.25) is 0 Å². The van der Waals surface area contributed by atoms with Crippen LogP contribution >= 0.6 is 0 Å². The maximum absolute atomic E-state index is 2.50. The van der Waals surface area contributed by atoms with Crippen molar-refractivity contribution in [2.45, 2.75) is 13.0 Å². The zero-order valence-corrected chi connectivity index (χ0v) is 12.6. The van der Waals surface area contributed by atoms with E-state index in [1.165, 1.54) is 33.6 Å². The van der Waals surface area contributed by atoms with E-state index in [1.54, 1.807) is 0 Å². The minimum atomic E-state index is 0.977. The molecule has 2 aromatic rings. The Bertz CT molecular complexity index is 728. The van der Waals surface area contributed by atoms with E-state index in [2.05, 4.69) is 72.4 Å². The molecule has 0 fully saturated rings. The van der Waals surface area contributed by atoms with E-state index in [-0.39, 0.29) is 0 Å². The maximum atomic E-state index is 2.50. The van der Waals surface area contributed by atoms with Gasteiger partial charge in [-0.05, 0) is 43.3 Å². The number of nitrogens with zero attached hydrogens (tertiary/aromatic N) is 2. The summed E-state index contributed by atoms with van der Waals surface area (Å²) < 4.78 is 0. The predicted octanol–water partition coefficient (Wildman–Crippen LogP) is 3.93. The molecule has 0 unspecified atom stereocenters. The fraction of sp³-hybridized carbons (Fsp3) is 0.263. The van der Waals surface area contributed by atoms with Crippen LogP contribution in [0.3, 0.4) is 0 Å². The van der Waals surface area contributed by atoms with Crippen molar-refractivity contribution < 1.29 is 0 Å². The summed E-state index contributed by atoms with van der Waals surface area (Å²) in [7, 11) is 4.25. The zero-order valence-electron chi connectivity index (χ0n) is 12.6. The smallest absolute Gasteiger partial charge is 0.0517 e. The van der Waals surface area contributed by atoms with Gasteiger partial charge in [-0.15, -0.1) is 0 Å². The van der Waals surface area contributed by atoms with Crippen molar-refractivity contribution >= 4 is 23.5 Å². The summed E-state index contributed by atoms with van der Waals surface area (Å²) in [6.45, 7) is 2.07. The van der Waals surface area contributed by atoms with E-state index in [0.717, 1.165) is 19.5 Å². The van der Waals surface area contributed by atoms with Crippen LogP contribution in [0.4, 0.5) is 11.4 Å². The Morgan fingerprint density at radius 3 is 2.76 bits per heavy atom. The molecule has 0 aliphatic carbocycles. The molecule has 0 radical (unpaired) electrons. The molecule has 0 N–H and O–H groups in total. The van der Waals surface area contributed by atoms with Crippen LogP contribution in [0, 0.1) is 0 Å². The second-order valence-corrected chi connectivity index (χ2v) is 6.18. The lowest BCUT2D eigenvalue weighted by molar-refractivity contribution is 0.402. The van der Waals surface area contributed by atoms with Gasteiger partial charge in [0.25, 0.3) is 0 Å². The van der Waals surface area contributed by atoms with Crippen molar-refractivity contribution in [3.05, 3.63) is 58.7 Å². The van der Waals surface area contributed by atoms with Crippen molar-refractivity contribution in [1.82, 2.24) is 4.90 Å². The molecule has 0 aromatic heterocycles. The largest absolute Gasteiger partial charge is 0.340 e. The highest BCUT2D eigenvalue weighted by molar-refractivity contribution is 5.92. The van der Waals surface area contributed by atoms with E-state index in [4.69, 9.17) is 0 Å². The van der Waals surface area contributed by atoms with Gasteiger partial charge in [-0.1, -0.05) is 42.5 Å². The molecule has 0 saturated carbocycles. The number of hydrogen-bond donors (Lipinski definition) is 0. The first-order valence-electron chi connectivity index (χ1n) is 7.58. The topological polar surface area (TPSA) is 6.48 Å². The third-order valence-corrected chi connectivity index (χ3v) is 4.41. The summed E-state index contributed by atoms with van der Waals surface area (Å²) in [6, 6.07) is 13.4. The van der Waals surface area contributed by atoms with Gasteiger partial charge in [0.1, 0.15) is 0 Å². The molecule has 0 saturated heterocycles. The highest BCUT2D eigenvalue weighted by Gasteiger charge is 2.26. The fourth-order valence-electron chi connectivity index (χ4n) is 3.54. The first-order chi connectivity index (χ1) is 10.2. The molecule has 0 spiro atoms. The molecule has 0 bridgehead atoms. The molecular formula is C19H20N2. The summed E-state index contributed by atoms with van der Waals surface area (Å²) in [4.78, 5) is 4.73. The molecule has 21 heavy (non-hydrogen) atoms. The quantitative estimate of drug-likeness (QED) is 0.820. The number of fused-ring (bicyclic) bond motifs is 2. The molecule has 4 rings (SSSR count). The predicted molar refractivity (Wildman–Crippen MR) is 89.9 cm³/mol. The second kappa shape index (κ2) is 4.74. The van der Waals surface area contributed by atoms with Crippen LogP contribution in [-0.4, -0.2) is 25.5 Å². The van der Waals surface area contributed by atoms with Crippen molar-refractivity contribution in [3.63, 3.8) is 0 Å². The Kier molecular flexibility index (Phi) is 2.86. The summed E-state index contributed by atoms with van der Waals surface area (Å²) in [5.74, 6) is 0. The molecule has 2 heterocycles. The van der Waals surface area contributed by atoms with Gasteiger partial charge in [0.15, 0.2) is 0 Å². The Balaban J connectivity index is 1.92. The van der Waals surface area contributed by atoms with Gasteiger partial charge in [-0.25, -0.2) is 0 Å². The lowest BCUT2D eigenvalue weighted by Crippen LogP contribution is -2.17. The molecular weight excluding hydrogens is 256 g/mol. The fourth-order valence-corrected chi connectivity index (χ4v) is 3.54. The summed E-state index contributed by atoms with van der Waals surface area (Å²) in [5.41, 5.74) is 8.36. The monoisotopic (exact) mass is 276 g/mol. The summed E-state index contributed by atoms with van der Waals surface area (Å²) in [5, 5.41) is 0. The van der Waals surface area contributed by atoms with Gasteiger partial charge in [0, 0.05) is 24.3 Å². The molecule has 2 aliphatic rings. The van der Waals surface area contributed by atoms with E-state index in [0.29, 0.717) is 0 Å². The third-order valence-electron chi connectivity index (χ3n) is 4.41. The average Bonchev–Trinajstić information content (AvgIpc) is 2.81. The van der Waals surface area contributed by atoms with E-state index >= 15 is 0 Å². The van der Waals surface area contributed by atoms with Gasteiger partial charge in [0.2, 0.25) is 0 Å².